The Bertz CT molecular complexity index is 168. The van der Waals surface area contributed by atoms with Crippen molar-refractivity contribution >= 4 is 0 Å². The second-order valence-corrected chi connectivity index (χ2v) is 5.19. The molecule has 0 radical (unpaired) electrons. The monoisotopic (exact) mass is 199 g/mol. The van der Waals surface area contributed by atoms with E-state index in [-0.39, 0.29) is 0 Å². The van der Waals surface area contributed by atoms with Gasteiger partial charge in [0.15, 0.2) is 0 Å². The fourth-order valence-electron chi connectivity index (χ4n) is 2.85. The van der Waals surface area contributed by atoms with E-state index in [4.69, 9.17) is 4.74 Å². The third-order valence-electron chi connectivity index (χ3n) is 3.79. The molecule has 0 spiro atoms. The first-order valence-corrected chi connectivity index (χ1v) is 5.78. The van der Waals surface area contributed by atoms with E-state index < -0.39 is 0 Å². The van der Waals surface area contributed by atoms with Crippen LogP contribution in [-0.2, 0) is 4.74 Å². The lowest BCUT2D eigenvalue weighted by atomic mass is 9.66. The molecule has 2 atom stereocenters. The Morgan fingerprint density at radius 1 is 1.43 bits per heavy atom. The Balaban J connectivity index is 2.61. The normalized spacial score (nSPS) is 28.7. The van der Waals surface area contributed by atoms with Crippen molar-refractivity contribution in [2.24, 2.45) is 11.3 Å². The van der Waals surface area contributed by atoms with Crippen LogP contribution in [-0.4, -0.2) is 26.8 Å². The molecule has 14 heavy (non-hydrogen) atoms. The number of rotatable bonds is 4. The van der Waals surface area contributed by atoms with Crippen molar-refractivity contribution in [2.75, 3.05) is 20.8 Å². The Labute approximate surface area is 88.4 Å². The standard InChI is InChI=1S/C12H25NO/c1-12(2)8-6-5-7-10(12)11(13-3)9-14-4/h10-11,13H,5-9H2,1-4H3. The van der Waals surface area contributed by atoms with E-state index in [1.807, 2.05) is 7.05 Å². The van der Waals surface area contributed by atoms with Crippen LogP contribution in [0, 0.1) is 11.3 Å². The summed E-state index contributed by atoms with van der Waals surface area (Å²) in [5, 5.41) is 3.40. The van der Waals surface area contributed by atoms with Crippen molar-refractivity contribution < 1.29 is 4.74 Å². The fourth-order valence-corrected chi connectivity index (χ4v) is 2.85. The molecule has 0 amide bonds. The molecule has 1 saturated carbocycles. The molecule has 1 fully saturated rings. The zero-order chi connectivity index (χ0) is 10.6. The predicted octanol–water partition coefficient (Wildman–Crippen LogP) is 2.44. The third-order valence-corrected chi connectivity index (χ3v) is 3.79. The highest BCUT2D eigenvalue weighted by atomic mass is 16.5. The van der Waals surface area contributed by atoms with Crippen molar-refractivity contribution in [1.82, 2.24) is 5.32 Å². The van der Waals surface area contributed by atoms with Crippen LogP contribution in [0.2, 0.25) is 0 Å². The molecule has 0 aromatic heterocycles. The first-order chi connectivity index (χ1) is 6.61. The quantitative estimate of drug-likeness (QED) is 0.751. The molecule has 1 aliphatic carbocycles. The molecule has 1 N–H and O–H groups in total. The summed E-state index contributed by atoms with van der Waals surface area (Å²) in [5.41, 5.74) is 0.477. The summed E-state index contributed by atoms with van der Waals surface area (Å²) >= 11 is 0. The van der Waals surface area contributed by atoms with Gasteiger partial charge in [-0.3, -0.25) is 0 Å². The molecule has 2 heteroatoms. The summed E-state index contributed by atoms with van der Waals surface area (Å²) in [6.45, 7) is 5.64. The van der Waals surface area contributed by atoms with Gasteiger partial charge in [-0.25, -0.2) is 0 Å². The number of likely N-dealkylation sites (N-methyl/N-ethyl adjacent to an activating group) is 1. The van der Waals surface area contributed by atoms with Crippen molar-refractivity contribution in [3.63, 3.8) is 0 Å². The highest BCUT2D eigenvalue weighted by Gasteiger charge is 2.36. The van der Waals surface area contributed by atoms with Crippen LogP contribution in [0.1, 0.15) is 39.5 Å². The van der Waals surface area contributed by atoms with Gasteiger partial charge >= 0.3 is 0 Å². The fraction of sp³-hybridized carbons (Fsp3) is 1.00. The lowest BCUT2D eigenvalue weighted by Gasteiger charge is -2.43. The van der Waals surface area contributed by atoms with Gasteiger partial charge in [0.1, 0.15) is 0 Å². The van der Waals surface area contributed by atoms with Crippen molar-refractivity contribution in [1.29, 1.82) is 0 Å². The number of hydrogen-bond acceptors (Lipinski definition) is 2. The predicted molar refractivity (Wildman–Crippen MR) is 60.5 cm³/mol. The van der Waals surface area contributed by atoms with Gasteiger partial charge in [0, 0.05) is 13.2 Å². The first-order valence-electron chi connectivity index (χ1n) is 5.78. The largest absolute Gasteiger partial charge is 0.383 e. The Hall–Kier alpha value is -0.0800. The highest BCUT2D eigenvalue weighted by Crippen LogP contribution is 2.42. The van der Waals surface area contributed by atoms with Crippen LogP contribution >= 0.6 is 0 Å². The molecule has 2 nitrogen and oxygen atoms in total. The maximum Gasteiger partial charge on any atom is 0.0618 e. The Morgan fingerprint density at radius 3 is 2.64 bits per heavy atom. The molecule has 0 bridgehead atoms. The highest BCUT2D eigenvalue weighted by molar-refractivity contribution is 4.89. The van der Waals surface area contributed by atoms with Gasteiger partial charge in [-0.05, 0) is 31.2 Å². The summed E-state index contributed by atoms with van der Waals surface area (Å²) in [6, 6.07) is 0.523. The van der Waals surface area contributed by atoms with Gasteiger partial charge in [-0.2, -0.15) is 0 Å². The van der Waals surface area contributed by atoms with E-state index in [0.717, 1.165) is 12.5 Å². The summed E-state index contributed by atoms with van der Waals surface area (Å²) in [6.07, 6.45) is 5.49. The molecule has 0 aromatic rings. The Morgan fingerprint density at radius 2 is 2.14 bits per heavy atom. The molecule has 0 heterocycles. The zero-order valence-corrected chi connectivity index (χ0v) is 10.1. The minimum absolute atomic E-state index is 0.477. The lowest BCUT2D eigenvalue weighted by Crippen LogP contribution is -2.45. The van der Waals surface area contributed by atoms with Crippen LogP contribution in [0.15, 0.2) is 0 Å². The minimum Gasteiger partial charge on any atom is -0.383 e. The van der Waals surface area contributed by atoms with E-state index in [1.165, 1.54) is 25.7 Å². The molecule has 84 valence electrons. The maximum absolute atomic E-state index is 5.28. The minimum atomic E-state index is 0.477. The number of nitrogens with one attached hydrogen (secondary N) is 1. The van der Waals surface area contributed by atoms with E-state index >= 15 is 0 Å². The van der Waals surface area contributed by atoms with E-state index in [1.54, 1.807) is 7.11 Å². The topological polar surface area (TPSA) is 21.3 Å². The van der Waals surface area contributed by atoms with Gasteiger partial charge in [0.05, 0.1) is 6.61 Å². The SMILES string of the molecule is CNC(COC)C1CCCCC1(C)C. The van der Waals surface area contributed by atoms with Crippen molar-refractivity contribution in [3.05, 3.63) is 0 Å². The van der Waals surface area contributed by atoms with Crippen LogP contribution < -0.4 is 5.32 Å². The molecule has 0 aromatic carbocycles. The molecule has 2 unspecified atom stereocenters. The van der Waals surface area contributed by atoms with E-state index in [9.17, 15) is 0 Å². The van der Waals surface area contributed by atoms with Gasteiger partial charge in [-0.15, -0.1) is 0 Å². The zero-order valence-electron chi connectivity index (χ0n) is 10.1. The van der Waals surface area contributed by atoms with Crippen LogP contribution in [0.4, 0.5) is 0 Å². The Kier molecular flexibility index (Phi) is 4.39. The molecular weight excluding hydrogens is 174 g/mol. The van der Waals surface area contributed by atoms with Gasteiger partial charge < -0.3 is 10.1 Å². The first kappa shape index (κ1) is 12.0. The summed E-state index contributed by atoms with van der Waals surface area (Å²) < 4.78 is 5.28. The lowest BCUT2D eigenvalue weighted by molar-refractivity contribution is 0.0572. The summed E-state index contributed by atoms with van der Waals surface area (Å²) in [7, 11) is 3.84. The van der Waals surface area contributed by atoms with Crippen LogP contribution in [0.25, 0.3) is 0 Å². The number of hydrogen-bond donors (Lipinski definition) is 1. The van der Waals surface area contributed by atoms with Crippen LogP contribution in [0.5, 0.6) is 0 Å². The van der Waals surface area contributed by atoms with Crippen molar-refractivity contribution in [3.8, 4) is 0 Å². The summed E-state index contributed by atoms with van der Waals surface area (Å²) in [4.78, 5) is 0. The summed E-state index contributed by atoms with van der Waals surface area (Å²) in [5.74, 6) is 0.765. The van der Waals surface area contributed by atoms with Crippen molar-refractivity contribution in [2.45, 2.75) is 45.6 Å². The molecule has 1 aliphatic rings. The average Bonchev–Trinajstić information content (AvgIpc) is 2.14. The molecular formula is C12H25NO. The average molecular weight is 199 g/mol. The van der Waals surface area contributed by atoms with Gasteiger partial charge in [0.25, 0.3) is 0 Å². The van der Waals surface area contributed by atoms with E-state index in [0.29, 0.717) is 11.5 Å². The van der Waals surface area contributed by atoms with Crippen LogP contribution in [0.3, 0.4) is 0 Å². The second-order valence-electron chi connectivity index (χ2n) is 5.19. The second kappa shape index (κ2) is 5.13. The van der Waals surface area contributed by atoms with Gasteiger partial charge in [0.2, 0.25) is 0 Å². The number of ether oxygens (including phenoxy) is 1. The molecule has 1 rings (SSSR count). The third kappa shape index (κ3) is 2.71. The molecule has 0 aliphatic heterocycles. The molecule has 0 saturated heterocycles. The number of methoxy groups -OCH3 is 1. The smallest absolute Gasteiger partial charge is 0.0618 e. The van der Waals surface area contributed by atoms with E-state index in [2.05, 4.69) is 19.2 Å². The van der Waals surface area contributed by atoms with Gasteiger partial charge in [-0.1, -0.05) is 26.7 Å². The maximum atomic E-state index is 5.28.